The van der Waals surface area contributed by atoms with Gasteiger partial charge in [-0.05, 0) is 37.7 Å². The van der Waals surface area contributed by atoms with Crippen LogP contribution in [0.15, 0.2) is 11.6 Å². The highest BCUT2D eigenvalue weighted by Gasteiger charge is 2.42. The van der Waals surface area contributed by atoms with Crippen LogP contribution in [0.2, 0.25) is 0 Å². The Labute approximate surface area is 96.9 Å². The summed E-state index contributed by atoms with van der Waals surface area (Å²) in [6, 6.07) is 0. The van der Waals surface area contributed by atoms with Crippen molar-refractivity contribution in [3.8, 4) is 0 Å². The fraction of sp³-hybridized carbons (Fsp3) is 0.692. The largest absolute Gasteiger partial charge is 0.465 e. The van der Waals surface area contributed by atoms with Crippen LogP contribution in [0.4, 0.5) is 0 Å². The Balaban J connectivity index is 3.02. The highest BCUT2D eigenvalue weighted by molar-refractivity contribution is 6.08. The van der Waals surface area contributed by atoms with Crippen molar-refractivity contribution in [1.82, 2.24) is 0 Å². The molecule has 1 aliphatic rings. The maximum absolute atomic E-state index is 12.1. The van der Waals surface area contributed by atoms with E-state index in [1.807, 2.05) is 19.9 Å². The third-order valence-corrected chi connectivity index (χ3v) is 3.19. The molecule has 0 radical (unpaired) electrons. The SMILES string of the molecule is CCOC(=O)C1C(=O)C(C)=CCCC1(C)C. The van der Waals surface area contributed by atoms with Gasteiger partial charge in [0.25, 0.3) is 0 Å². The Morgan fingerprint density at radius 3 is 2.75 bits per heavy atom. The summed E-state index contributed by atoms with van der Waals surface area (Å²) >= 11 is 0. The fourth-order valence-corrected chi connectivity index (χ4v) is 2.14. The van der Waals surface area contributed by atoms with Crippen molar-refractivity contribution in [3.63, 3.8) is 0 Å². The summed E-state index contributed by atoms with van der Waals surface area (Å²) in [7, 11) is 0. The number of allylic oxidation sites excluding steroid dienone is 2. The van der Waals surface area contributed by atoms with Crippen LogP contribution < -0.4 is 0 Å². The molecule has 3 heteroatoms. The van der Waals surface area contributed by atoms with Gasteiger partial charge >= 0.3 is 5.97 Å². The molecule has 0 bridgehead atoms. The fourth-order valence-electron chi connectivity index (χ4n) is 2.14. The summed E-state index contributed by atoms with van der Waals surface area (Å²) in [6.07, 6.45) is 3.60. The van der Waals surface area contributed by atoms with E-state index in [2.05, 4.69) is 0 Å². The molecule has 1 aliphatic carbocycles. The summed E-state index contributed by atoms with van der Waals surface area (Å²) in [5.41, 5.74) is 0.362. The van der Waals surface area contributed by atoms with Crippen molar-refractivity contribution < 1.29 is 14.3 Å². The number of hydrogen-bond acceptors (Lipinski definition) is 3. The van der Waals surface area contributed by atoms with E-state index in [0.717, 1.165) is 12.8 Å². The van der Waals surface area contributed by atoms with Gasteiger partial charge in [-0.3, -0.25) is 9.59 Å². The van der Waals surface area contributed by atoms with E-state index >= 15 is 0 Å². The predicted octanol–water partition coefficient (Wildman–Crippen LogP) is 2.50. The molecular weight excluding hydrogens is 204 g/mol. The lowest BCUT2D eigenvalue weighted by Crippen LogP contribution is -2.38. The average Bonchev–Trinajstić information content (AvgIpc) is 2.25. The Bertz CT molecular complexity index is 326. The van der Waals surface area contributed by atoms with Gasteiger partial charge < -0.3 is 4.74 Å². The minimum Gasteiger partial charge on any atom is -0.465 e. The summed E-state index contributed by atoms with van der Waals surface area (Å²) in [4.78, 5) is 24.0. The van der Waals surface area contributed by atoms with Crippen LogP contribution in [-0.4, -0.2) is 18.4 Å². The summed E-state index contributed by atoms with van der Waals surface area (Å²) in [6.45, 7) is 7.77. The first-order chi connectivity index (χ1) is 7.40. The Morgan fingerprint density at radius 1 is 1.56 bits per heavy atom. The highest BCUT2D eigenvalue weighted by Crippen LogP contribution is 2.37. The van der Waals surface area contributed by atoms with Crippen molar-refractivity contribution >= 4 is 11.8 Å². The number of ether oxygens (including phenoxy) is 1. The van der Waals surface area contributed by atoms with Crippen LogP contribution in [0.3, 0.4) is 0 Å². The van der Waals surface area contributed by atoms with Crippen LogP contribution in [0.25, 0.3) is 0 Å². The molecule has 16 heavy (non-hydrogen) atoms. The lowest BCUT2D eigenvalue weighted by molar-refractivity contribution is -0.155. The Morgan fingerprint density at radius 2 is 2.19 bits per heavy atom. The topological polar surface area (TPSA) is 43.4 Å². The monoisotopic (exact) mass is 224 g/mol. The smallest absolute Gasteiger partial charge is 0.317 e. The van der Waals surface area contributed by atoms with E-state index in [0.29, 0.717) is 12.2 Å². The summed E-state index contributed by atoms with van der Waals surface area (Å²) < 4.78 is 5.00. The molecule has 0 saturated carbocycles. The van der Waals surface area contributed by atoms with Crippen molar-refractivity contribution in [3.05, 3.63) is 11.6 Å². The van der Waals surface area contributed by atoms with E-state index in [1.54, 1.807) is 13.8 Å². The lowest BCUT2D eigenvalue weighted by Gasteiger charge is -2.29. The number of Topliss-reactive ketones (excluding diaryl/α,β-unsaturated/α-hetero) is 1. The molecule has 0 aromatic carbocycles. The van der Waals surface area contributed by atoms with Crippen molar-refractivity contribution in [2.75, 3.05) is 6.61 Å². The van der Waals surface area contributed by atoms with Gasteiger partial charge in [-0.25, -0.2) is 0 Å². The Hall–Kier alpha value is -1.12. The molecule has 0 fully saturated rings. The molecule has 1 rings (SSSR count). The second-order valence-electron chi connectivity index (χ2n) is 4.96. The first-order valence-corrected chi connectivity index (χ1v) is 5.77. The first-order valence-electron chi connectivity index (χ1n) is 5.77. The summed E-state index contributed by atoms with van der Waals surface area (Å²) in [5, 5.41) is 0. The van der Waals surface area contributed by atoms with Gasteiger partial charge in [-0.2, -0.15) is 0 Å². The van der Waals surface area contributed by atoms with Crippen LogP contribution in [0.5, 0.6) is 0 Å². The van der Waals surface area contributed by atoms with Gasteiger partial charge in [0.1, 0.15) is 5.92 Å². The van der Waals surface area contributed by atoms with Crippen LogP contribution in [0.1, 0.15) is 40.5 Å². The lowest BCUT2D eigenvalue weighted by atomic mass is 9.74. The second-order valence-corrected chi connectivity index (χ2v) is 4.96. The zero-order chi connectivity index (χ0) is 12.3. The van der Waals surface area contributed by atoms with Crippen molar-refractivity contribution in [1.29, 1.82) is 0 Å². The summed E-state index contributed by atoms with van der Waals surface area (Å²) in [5.74, 6) is -1.11. The quantitative estimate of drug-likeness (QED) is 0.534. The molecule has 0 amide bonds. The van der Waals surface area contributed by atoms with Crippen molar-refractivity contribution in [2.45, 2.75) is 40.5 Å². The molecule has 0 heterocycles. The van der Waals surface area contributed by atoms with Gasteiger partial charge in [0.2, 0.25) is 0 Å². The van der Waals surface area contributed by atoms with E-state index in [-0.39, 0.29) is 17.2 Å². The zero-order valence-electron chi connectivity index (χ0n) is 10.5. The number of hydrogen-bond donors (Lipinski definition) is 0. The van der Waals surface area contributed by atoms with Gasteiger partial charge in [-0.15, -0.1) is 0 Å². The van der Waals surface area contributed by atoms with Gasteiger partial charge in [0, 0.05) is 0 Å². The zero-order valence-corrected chi connectivity index (χ0v) is 10.5. The molecule has 0 aromatic heterocycles. The number of carbonyl (C=O) groups excluding carboxylic acids is 2. The molecule has 1 atom stereocenters. The van der Waals surface area contributed by atoms with Crippen LogP contribution >= 0.6 is 0 Å². The highest BCUT2D eigenvalue weighted by atomic mass is 16.5. The maximum Gasteiger partial charge on any atom is 0.317 e. The molecule has 0 spiro atoms. The molecule has 3 nitrogen and oxygen atoms in total. The van der Waals surface area contributed by atoms with Crippen LogP contribution in [0, 0.1) is 11.3 Å². The van der Waals surface area contributed by atoms with E-state index in [1.165, 1.54) is 0 Å². The van der Waals surface area contributed by atoms with E-state index < -0.39 is 5.92 Å². The Kier molecular flexibility index (Phi) is 3.89. The number of esters is 1. The molecule has 0 N–H and O–H groups in total. The number of rotatable bonds is 2. The standard InChI is InChI=1S/C13H20O3/c1-5-16-12(15)10-11(14)9(2)7-6-8-13(10,3)4/h7,10H,5-6,8H2,1-4H3. The molecule has 1 unspecified atom stereocenters. The minimum absolute atomic E-state index is 0.0825. The minimum atomic E-state index is -0.647. The number of carbonyl (C=O) groups is 2. The third-order valence-electron chi connectivity index (χ3n) is 3.19. The predicted molar refractivity (Wildman–Crippen MR) is 61.9 cm³/mol. The number of ketones is 1. The first kappa shape index (κ1) is 12.9. The van der Waals surface area contributed by atoms with Gasteiger partial charge in [0.05, 0.1) is 6.61 Å². The van der Waals surface area contributed by atoms with E-state index in [9.17, 15) is 9.59 Å². The molecular formula is C13H20O3. The third kappa shape index (κ3) is 2.52. The normalized spacial score (nSPS) is 24.6. The maximum atomic E-state index is 12.1. The molecule has 0 aliphatic heterocycles. The van der Waals surface area contributed by atoms with Crippen molar-refractivity contribution in [2.24, 2.45) is 11.3 Å². The second kappa shape index (κ2) is 4.81. The van der Waals surface area contributed by atoms with E-state index in [4.69, 9.17) is 4.74 Å². The average molecular weight is 224 g/mol. The van der Waals surface area contributed by atoms with Gasteiger partial charge in [0.15, 0.2) is 5.78 Å². The molecule has 90 valence electrons. The molecule has 0 aromatic rings. The van der Waals surface area contributed by atoms with Crippen LogP contribution in [-0.2, 0) is 14.3 Å². The van der Waals surface area contributed by atoms with Gasteiger partial charge in [-0.1, -0.05) is 19.9 Å². The molecule has 0 saturated heterocycles.